The molecule has 0 spiro atoms. The largest absolute Gasteiger partial charge is 0.374 e. The minimum Gasteiger partial charge on any atom is -0.374 e. The summed E-state index contributed by atoms with van der Waals surface area (Å²) in [5, 5.41) is 3.42. The van der Waals surface area contributed by atoms with E-state index < -0.39 is 5.82 Å². The molecule has 1 N–H and O–H groups in total. The zero-order valence-electron chi connectivity index (χ0n) is 12.4. The van der Waals surface area contributed by atoms with E-state index in [1.165, 1.54) is 0 Å². The van der Waals surface area contributed by atoms with Gasteiger partial charge >= 0.3 is 0 Å². The molecule has 1 aromatic carbocycles. The molecule has 0 saturated carbocycles. The first kappa shape index (κ1) is 17.9. The molecular formula is C15H22BrClFNO. The van der Waals surface area contributed by atoms with Gasteiger partial charge in [0.05, 0.1) is 23.3 Å². The van der Waals surface area contributed by atoms with Gasteiger partial charge in [-0.1, -0.05) is 24.6 Å². The molecule has 5 heteroatoms. The summed E-state index contributed by atoms with van der Waals surface area (Å²) >= 11 is 9.19. The Kier molecular flexibility index (Phi) is 6.92. The van der Waals surface area contributed by atoms with Crippen molar-refractivity contribution in [3.05, 3.63) is 33.0 Å². The van der Waals surface area contributed by atoms with E-state index in [4.69, 9.17) is 16.3 Å². The molecule has 0 aliphatic rings. The second-order valence-electron chi connectivity index (χ2n) is 5.69. The molecule has 114 valence electrons. The molecule has 1 aromatic rings. The van der Waals surface area contributed by atoms with Gasteiger partial charge in [0, 0.05) is 10.0 Å². The van der Waals surface area contributed by atoms with Crippen LogP contribution in [0.5, 0.6) is 0 Å². The summed E-state index contributed by atoms with van der Waals surface area (Å²) in [4.78, 5) is 0. The number of hydrogen-bond acceptors (Lipinski definition) is 2. The van der Waals surface area contributed by atoms with E-state index in [-0.39, 0.29) is 16.7 Å². The van der Waals surface area contributed by atoms with Gasteiger partial charge < -0.3 is 10.1 Å². The van der Waals surface area contributed by atoms with Crippen molar-refractivity contribution in [2.24, 2.45) is 0 Å². The van der Waals surface area contributed by atoms with Gasteiger partial charge in [0.15, 0.2) is 0 Å². The lowest BCUT2D eigenvalue weighted by atomic mass is 10.1. The first-order valence-electron chi connectivity index (χ1n) is 6.77. The Balaban J connectivity index is 2.95. The minimum atomic E-state index is -0.396. The van der Waals surface area contributed by atoms with Gasteiger partial charge in [-0.2, -0.15) is 0 Å². The predicted octanol–water partition coefficient (Wildman–Crippen LogP) is 5.10. The maximum Gasteiger partial charge on any atom is 0.147 e. The average Bonchev–Trinajstić information content (AvgIpc) is 2.36. The molecule has 0 aliphatic heterocycles. The van der Waals surface area contributed by atoms with Crippen LogP contribution in [-0.2, 0) is 4.74 Å². The molecule has 0 aliphatic carbocycles. The molecule has 1 unspecified atom stereocenters. The number of benzene rings is 1. The van der Waals surface area contributed by atoms with Crippen molar-refractivity contribution in [1.82, 2.24) is 5.32 Å². The third-order valence-corrected chi connectivity index (χ3v) is 4.02. The van der Waals surface area contributed by atoms with Gasteiger partial charge in [-0.15, -0.1) is 0 Å². The molecule has 0 aromatic heterocycles. The van der Waals surface area contributed by atoms with Crippen molar-refractivity contribution in [1.29, 1.82) is 0 Å². The summed E-state index contributed by atoms with van der Waals surface area (Å²) in [7, 11) is 0. The Morgan fingerprint density at radius 2 is 2.05 bits per heavy atom. The van der Waals surface area contributed by atoms with Crippen LogP contribution in [0.25, 0.3) is 0 Å². The second kappa shape index (κ2) is 7.74. The summed E-state index contributed by atoms with van der Waals surface area (Å²) < 4.78 is 20.6. The van der Waals surface area contributed by atoms with Crippen LogP contribution in [0.4, 0.5) is 4.39 Å². The van der Waals surface area contributed by atoms with Gasteiger partial charge in [0.1, 0.15) is 5.82 Å². The van der Waals surface area contributed by atoms with E-state index in [1.54, 1.807) is 12.1 Å². The van der Waals surface area contributed by atoms with E-state index in [0.29, 0.717) is 16.6 Å². The van der Waals surface area contributed by atoms with E-state index in [0.717, 1.165) is 13.0 Å². The maximum absolute atomic E-state index is 14.3. The molecule has 1 rings (SSSR count). The van der Waals surface area contributed by atoms with Crippen molar-refractivity contribution in [3.63, 3.8) is 0 Å². The van der Waals surface area contributed by atoms with E-state index in [1.807, 2.05) is 20.8 Å². The lowest BCUT2D eigenvalue weighted by Crippen LogP contribution is -2.31. The highest BCUT2D eigenvalue weighted by Gasteiger charge is 2.21. The van der Waals surface area contributed by atoms with Crippen LogP contribution >= 0.6 is 27.5 Å². The van der Waals surface area contributed by atoms with Crippen LogP contribution < -0.4 is 5.32 Å². The topological polar surface area (TPSA) is 21.3 Å². The fourth-order valence-corrected chi connectivity index (χ4v) is 2.20. The molecule has 0 bridgehead atoms. The van der Waals surface area contributed by atoms with E-state index in [2.05, 4.69) is 28.2 Å². The van der Waals surface area contributed by atoms with Crippen LogP contribution in [0.3, 0.4) is 0 Å². The first-order valence-corrected chi connectivity index (χ1v) is 7.94. The van der Waals surface area contributed by atoms with Crippen LogP contribution in [0, 0.1) is 5.82 Å². The number of hydrogen-bond donors (Lipinski definition) is 1. The summed E-state index contributed by atoms with van der Waals surface area (Å²) in [6.07, 6.45) is 0.970. The number of ether oxygens (including phenoxy) is 1. The Bertz CT molecular complexity index is 448. The minimum absolute atomic E-state index is 0.113. The zero-order valence-corrected chi connectivity index (χ0v) is 14.7. The third kappa shape index (κ3) is 5.32. The maximum atomic E-state index is 14.3. The Morgan fingerprint density at radius 1 is 1.40 bits per heavy atom. The highest BCUT2D eigenvalue weighted by atomic mass is 79.9. The van der Waals surface area contributed by atoms with Gasteiger partial charge in [0.25, 0.3) is 0 Å². The van der Waals surface area contributed by atoms with Crippen molar-refractivity contribution in [3.8, 4) is 0 Å². The first-order chi connectivity index (χ1) is 9.26. The molecule has 2 nitrogen and oxygen atoms in total. The molecule has 0 heterocycles. The quantitative estimate of drug-likeness (QED) is 0.707. The molecule has 0 fully saturated rings. The van der Waals surface area contributed by atoms with Gasteiger partial charge in [-0.05, 0) is 55.7 Å². The highest BCUT2D eigenvalue weighted by molar-refractivity contribution is 9.10. The summed E-state index contributed by atoms with van der Waals surface area (Å²) in [5.74, 6) is -0.396. The Morgan fingerprint density at radius 3 is 2.60 bits per heavy atom. The van der Waals surface area contributed by atoms with Crippen LogP contribution in [0.2, 0.25) is 5.02 Å². The predicted molar refractivity (Wildman–Crippen MR) is 85.8 cm³/mol. The van der Waals surface area contributed by atoms with Crippen LogP contribution in [0.15, 0.2) is 16.6 Å². The molecule has 0 radical (unpaired) electrons. The van der Waals surface area contributed by atoms with Gasteiger partial charge in [-0.25, -0.2) is 4.39 Å². The van der Waals surface area contributed by atoms with Crippen molar-refractivity contribution < 1.29 is 9.13 Å². The highest BCUT2D eigenvalue weighted by Crippen LogP contribution is 2.31. The average molecular weight is 367 g/mol. The lowest BCUT2D eigenvalue weighted by Gasteiger charge is -2.26. The summed E-state index contributed by atoms with van der Waals surface area (Å²) in [6.45, 7) is 9.21. The molecule has 1 atom stereocenters. The standard InChI is InChI=1S/C15H22BrClFNO/c1-5-8-19-12(9-20-15(2,3)4)10-6-7-11(16)13(17)14(10)18/h6-7,12,19H,5,8-9H2,1-4H3. The van der Waals surface area contributed by atoms with E-state index >= 15 is 0 Å². The van der Waals surface area contributed by atoms with Gasteiger partial charge in [-0.3, -0.25) is 0 Å². The lowest BCUT2D eigenvalue weighted by molar-refractivity contribution is -0.0151. The Labute approximate surface area is 134 Å². The third-order valence-electron chi connectivity index (χ3n) is 2.76. The monoisotopic (exact) mass is 365 g/mol. The molecule has 0 amide bonds. The van der Waals surface area contributed by atoms with Crippen LogP contribution in [0.1, 0.15) is 45.7 Å². The molecule has 0 saturated heterocycles. The molecular weight excluding hydrogens is 345 g/mol. The Hall–Kier alpha value is -0.160. The SMILES string of the molecule is CCCNC(COC(C)(C)C)c1ccc(Br)c(Cl)c1F. The number of nitrogens with one attached hydrogen (secondary N) is 1. The molecule has 20 heavy (non-hydrogen) atoms. The second-order valence-corrected chi connectivity index (χ2v) is 6.93. The van der Waals surface area contributed by atoms with Crippen LogP contribution in [-0.4, -0.2) is 18.8 Å². The normalized spacial score (nSPS) is 13.6. The fourth-order valence-electron chi connectivity index (χ4n) is 1.72. The van der Waals surface area contributed by atoms with Crippen molar-refractivity contribution in [2.75, 3.05) is 13.2 Å². The smallest absolute Gasteiger partial charge is 0.147 e. The fraction of sp³-hybridized carbons (Fsp3) is 0.600. The zero-order chi connectivity index (χ0) is 15.3. The van der Waals surface area contributed by atoms with Gasteiger partial charge in [0.2, 0.25) is 0 Å². The van der Waals surface area contributed by atoms with E-state index in [9.17, 15) is 4.39 Å². The van der Waals surface area contributed by atoms with Crippen molar-refractivity contribution in [2.45, 2.75) is 45.8 Å². The summed E-state index contributed by atoms with van der Waals surface area (Å²) in [5.41, 5.74) is 0.276. The van der Waals surface area contributed by atoms with Crippen molar-refractivity contribution >= 4 is 27.5 Å². The number of halogens is 3. The number of rotatable bonds is 6. The summed E-state index contributed by atoms with van der Waals surface area (Å²) in [6, 6.07) is 3.29.